The van der Waals surface area contributed by atoms with E-state index in [1.54, 1.807) is 25.3 Å². The van der Waals surface area contributed by atoms with Crippen molar-refractivity contribution in [2.45, 2.75) is 12.8 Å². The van der Waals surface area contributed by atoms with Gasteiger partial charge in [0.15, 0.2) is 11.4 Å². The molecule has 0 spiro atoms. The van der Waals surface area contributed by atoms with Gasteiger partial charge in [0.1, 0.15) is 17.9 Å². The first-order valence-corrected chi connectivity index (χ1v) is 11.1. The number of fused-ring (bicyclic) bond motifs is 2. The number of nitrogens with zero attached hydrogens (tertiary/aromatic N) is 3. The molecule has 0 saturated heterocycles. The Balaban J connectivity index is 1.46. The summed E-state index contributed by atoms with van der Waals surface area (Å²) in [4.78, 5) is 21.6. The second-order valence-corrected chi connectivity index (χ2v) is 7.68. The van der Waals surface area contributed by atoms with Crippen LogP contribution in [0.1, 0.15) is 23.2 Å². The molecule has 0 unspecified atom stereocenters. The van der Waals surface area contributed by atoms with Crippen molar-refractivity contribution in [1.82, 2.24) is 14.5 Å². The standard InChI is InChI=1S/C24H28N4O6/c1-28-20-8-5-16(21(30)4-3-10-32-11-9-29)14-19(20)25-23(28)27-24-26-18-7-6-17(15-22(18)34-24)33-13-12-31-2/h5-8,14-15,29H,3-4,9-13H2,1-2H3,(H,25,26,27). The Morgan fingerprint density at radius 2 is 1.97 bits per heavy atom. The van der Waals surface area contributed by atoms with Gasteiger partial charge >= 0.3 is 6.01 Å². The average Bonchev–Trinajstić information content (AvgIpc) is 3.38. The molecule has 2 aromatic heterocycles. The number of aryl methyl sites for hydroxylation is 1. The van der Waals surface area contributed by atoms with Crippen LogP contribution in [0.5, 0.6) is 5.75 Å². The molecule has 0 amide bonds. The van der Waals surface area contributed by atoms with Gasteiger partial charge in [0, 0.05) is 38.8 Å². The van der Waals surface area contributed by atoms with Gasteiger partial charge in [0.2, 0.25) is 5.95 Å². The van der Waals surface area contributed by atoms with Crippen molar-refractivity contribution >= 4 is 39.9 Å². The number of hydrogen-bond acceptors (Lipinski definition) is 9. The van der Waals surface area contributed by atoms with Gasteiger partial charge in [-0.1, -0.05) is 0 Å². The number of ketones is 1. The third-order valence-electron chi connectivity index (χ3n) is 5.27. The number of benzene rings is 2. The van der Waals surface area contributed by atoms with E-state index in [9.17, 15) is 4.79 Å². The molecule has 0 atom stereocenters. The van der Waals surface area contributed by atoms with Crippen LogP contribution in [0.3, 0.4) is 0 Å². The maximum Gasteiger partial charge on any atom is 0.302 e. The largest absolute Gasteiger partial charge is 0.491 e. The van der Waals surface area contributed by atoms with E-state index in [0.717, 1.165) is 5.52 Å². The van der Waals surface area contributed by atoms with Crippen LogP contribution in [0.25, 0.3) is 22.1 Å². The molecule has 0 fully saturated rings. The maximum atomic E-state index is 12.5. The SMILES string of the molecule is COCCOc1ccc2nc(Nc3nc4cc(C(=O)CCCOCCO)ccc4n3C)oc2c1. The molecule has 2 heterocycles. The molecular formula is C24H28N4O6. The summed E-state index contributed by atoms with van der Waals surface area (Å²) in [6.45, 7) is 1.66. The molecule has 0 aliphatic carbocycles. The lowest BCUT2D eigenvalue weighted by molar-refractivity contribution is 0.0832. The summed E-state index contributed by atoms with van der Waals surface area (Å²) in [5, 5.41) is 11.8. The van der Waals surface area contributed by atoms with Crippen LogP contribution in [0, 0.1) is 0 Å². The number of carbonyl (C=O) groups is 1. The van der Waals surface area contributed by atoms with Gasteiger partial charge < -0.3 is 28.3 Å². The summed E-state index contributed by atoms with van der Waals surface area (Å²) in [5.74, 6) is 1.24. The quantitative estimate of drug-likeness (QED) is 0.224. The molecular weight excluding hydrogens is 440 g/mol. The zero-order valence-corrected chi connectivity index (χ0v) is 19.2. The first kappa shape index (κ1) is 23.7. The number of ether oxygens (including phenoxy) is 3. The van der Waals surface area contributed by atoms with Gasteiger partial charge in [-0.15, -0.1) is 0 Å². The van der Waals surface area contributed by atoms with Crippen LogP contribution in [-0.4, -0.2) is 65.6 Å². The van der Waals surface area contributed by atoms with Crippen LogP contribution in [-0.2, 0) is 16.5 Å². The smallest absolute Gasteiger partial charge is 0.302 e. The number of nitrogens with one attached hydrogen (secondary N) is 1. The van der Waals surface area contributed by atoms with Crippen LogP contribution in [0.15, 0.2) is 40.8 Å². The molecule has 4 aromatic rings. The fourth-order valence-corrected chi connectivity index (χ4v) is 3.52. The molecule has 0 saturated carbocycles. The molecule has 0 bridgehead atoms. The third kappa shape index (κ3) is 5.53. The summed E-state index contributed by atoms with van der Waals surface area (Å²) in [7, 11) is 3.50. The number of aliphatic hydroxyl groups excluding tert-OH is 1. The average molecular weight is 469 g/mol. The van der Waals surface area contributed by atoms with Gasteiger partial charge in [-0.2, -0.15) is 4.98 Å². The van der Waals surface area contributed by atoms with Crippen LogP contribution >= 0.6 is 0 Å². The van der Waals surface area contributed by atoms with E-state index in [1.807, 2.05) is 29.8 Å². The number of imidazole rings is 1. The van der Waals surface area contributed by atoms with Crippen molar-refractivity contribution in [3.63, 3.8) is 0 Å². The lowest BCUT2D eigenvalue weighted by Gasteiger charge is -2.04. The van der Waals surface area contributed by atoms with Crippen molar-refractivity contribution in [3.8, 4) is 5.75 Å². The van der Waals surface area contributed by atoms with Crippen LogP contribution in [0.4, 0.5) is 12.0 Å². The highest BCUT2D eigenvalue weighted by Gasteiger charge is 2.14. The number of methoxy groups -OCH3 is 1. The van der Waals surface area contributed by atoms with Gasteiger partial charge in [0.05, 0.1) is 30.9 Å². The summed E-state index contributed by atoms with van der Waals surface area (Å²) < 4.78 is 23.5. The number of rotatable bonds is 13. The van der Waals surface area contributed by atoms with Gasteiger partial charge in [-0.25, -0.2) is 4.98 Å². The molecule has 10 heteroatoms. The highest BCUT2D eigenvalue weighted by Crippen LogP contribution is 2.27. The topological polar surface area (TPSA) is 121 Å². The number of anilines is 2. The molecule has 10 nitrogen and oxygen atoms in total. The van der Waals surface area contributed by atoms with Crippen molar-refractivity contribution in [2.75, 3.05) is 45.5 Å². The summed E-state index contributed by atoms with van der Waals surface area (Å²) in [5.41, 5.74) is 3.44. The molecule has 0 aliphatic heterocycles. The number of aromatic nitrogens is 3. The number of hydrogen-bond donors (Lipinski definition) is 2. The van der Waals surface area contributed by atoms with Crippen molar-refractivity contribution in [3.05, 3.63) is 42.0 Å². The Morgan fingerprint density at radius 3 is 2.79 bits per heavy atom. The predicted octanol–water partition coefficient (Wildman–Crippen LogP) is 3.46. The monoisotopic (exact) mass is 468 g/mol. The predicted molar refractivity (Wildman–Crippen MR) is 127 cm³/mol. The Labute approximate surface area is 196 Å². The van der Waals surface area contributed by atoms with E-state index in [-0.39, 0.29) is 19.0 Å². The minimum atomic E-state index is -0.0193. The molecule has 34 heavy (non-hydrogen) atoms. The van der Waals surface area contributed by atoms with E-state index in [2.05, 4.69) is 15.3 Å². The normalized spacial score (nSPS) is 11.4. The van der Waals surface area contributed by atoms with E-state index >= 15 is 0 Å². The summed E-state index contributed by atoms with van der Waals surface area (Å²) >= 11 is 0. The maximum absolute atomic E-state index is 12.5. The lowest BCUT2D eigenvalue weighted by Crippen LogP contribution is -2.04. The zero-order chi connectivity index (χ0) is 23.9. The highest BCUT2D eigenvalue weighted by atomic mass is 16.5. The first-order valence-electron chi connectivity index (χ1n) is 11.1. The summed E-state index contributed by atoms with van der Waals surface area (Å²) in [6.07, 6.45) is 0.970. The molecule has 2 aromatic carbocycles. The molecule has 4 rings (SSSR count). The van der Waals surface area contributed by atoms with Gasteiger partial charge in [-0.3, -0.25) is 10.1 Å². The summed E-state index contributed by atoms with van der Waals surface area (Å²) in [6, 6.07) is 11.2. The van der Waals surface area contributed by atoms with Gasteiger partial charge in [0.25, 0.3) is 0 Å². The second-order valence-electron chi connectivity index (χ2n) is 7.68. The third-order valence-corrected chi connectivity index (χ3v) is 5.27. The highest BCUT2D eigenvalue weighted by molar-refractivity contribution is 5.99. The zero-order valence-electron chi connectivity index (χ0n) is 19.2. The van der Waals surface area contributed by atoms with Crippen LogP contribution < -0.4 is 10.1 Å². The Kier molecular flexibility index (Phi) is 7.73. The Morgan fingerprint density at radius 1 is 1.09 bits per heavy atom. The Bertz CT molecular complexity index is 1270. The van der Waals surface area contributed by atoms with Gasteiger partial charge in [-0.05, 0) is 36.8 Å². The van der Waals surface area contributed by atoms with E-state index in [1.165, 1.54) is 0 Å². The Hall–Kier alpha value is -3.47. The van der Waals surface area contributed by atoms with E-state index in [4.69, 9.17) is 23.7 Å². The molecule has 2 N–H and O–H groups in total. The molecule has 0 radical (unpaired) electrons. The van der Waals surface area contributed by atoms with E-state index < -0.39 is 0 Å². The fraction of sp³-hybridized carbons (Fsp3) is 0.375. The minimum absolute atomic E-state index is 0.0193. The second kappa shape index (κ2) is 11.1. The number of oxazole rings is 1. The van der Waals surface area contributed by atoms with Crippen LogP contribution in [0.2, 0.25) is 0 Å². The minimum Gasteiger partial charge on any atom is -0.491 e. The molecule has 180 valence electrons. The number of aliphatic hydroxyl groups is 1. The lowest BCUT2D eigenvalue weighted by atomic mass is 10.1. The van der Waals surface area contributed by atoms with Crippen molar-refractivity contribution in [1.29, 1.82) is 0 Å². The number of carbonyl (C=O) groups excluding carboxylic acids is 1. The van der Waals surface area contributed by atoms with Crippen molar-refractivity contribution in [2.24, 2.45) is 7.05 Å². The molecule has 0 aliphatic rings. The van der Waals surface area contributed by atoms with Crippen molar-refractivity contribution < 1.29 is 28.5 Å². The first-order chi connectivity index (χ1) is 16.6. The fourth-order valence-electron chi connectivity index (χ4n) is 3.52. The number of Topliss-reactive ketones (excluding diaryl/α,β-unsaturated/α-hetero) is 1. The van der Waals surface area contributed by atoms with E-state index in [0.29, 0.717) is 72.6 Å².